The molecule has 0 saturated carbocycles. The number of carbonyl (C=O) groups is 1. The molecule has 0 radical (unpaired) electrons. The number of benzene rings is 1. The Morgan fingerprint density at radius 2 is 2.07 bits per heavy atom. The lowest BCUT2D eigenvalue weighted by atomic mass is 9.94. The SMILES string of the molecule is Cc1c(-c2cc3cc(NC(=O)O)ncc3c(N)c2F)cnc2c1[C@H](O)CC2. The second-order valence-corrected chi connectivity index (χ2v) is 6.58. The maximum atomic E-state index is 15.0. The van der Waals surface area contributed by atoms with E-state index < -0.39 is 18.0 Å². The van der Waals surface area contributed by atoms with Crippen LogP contribution in [0.3, 0.4) is 0 Å². The molecule has 4 rings (SSSR count). The van der Waals surface area contributed by atoms with Crippen LogP contribution in [0.25, 0.3) is 21.9 Å². The van der Waals surface area contributed by atoms with Crippen LogP contribution in [-0.2, 0) is 6.42 Å². The Bertz CT molecular complexity index is 1100. The van der Waals surface area contributed by atoms with Crippen LogP contribution in [0.2, 0.25) is 0 Å². The summed E-state index contributed by atoms with van der Waals surface area (Å²) in [6.45, 7) is 1.83. The number of nitrogens with two attached hydrogens (primary N) is 1. The molecule has 1 aliphatic carbocycles. The van der Waals surface area contributed by atoms with Gasteiger partial charge in [-0.15, -0.1) is 0 Å². The molecule has 5 N–H and O–H groups in total. The molecular weight excluding hydrogens is 351 g/mol. The molecule has 8 heteroatoms. The molecule has 0 bridgehead atoms. The zero-order valence-electron chi connectivity index (χ0n) is 14.5. The highest BCUT2D eigenvalue weighted by Gasteiger charge is 2.26. The minimum atomic E-state index is -1.25. The van der Waals surface area contributed by atoms with Crippen LogP contribution in [0.4, 0.5) is 20.7 Å². The predicted molar refractivity (Wildman–Crippen MR) is 99.0 cm³/mol. The average molecular weight is 368 g/mol. The van der Waals surface area contributed by atoms with E-state index in [1.165, 1.54) is 12.3 Å². The summed E-state index contributed by atoms with van der Waals surface area (Å²) in [7, 11) is 0. The number of halogens is 1. The Kier molecular flexibility index (Phi) is 3.92. The Labute approximate surface area is 153 Å². The molecule has 7 nitrogen and oxygen atoms in total. The van der Waals surface area contributed by atoms with Crippen molar-refractivity contribution in [1.29, 1.82) is 0 Å². The first-order chi connectivity index (χ1) is 12.9. The van der Waals surface area contributed by atoms with Gasteiger partial charge in [0, 0.05) is 40.2 Å². The molecule has 0 fully saturated rings. The third kappa shape index (κ3) is 2.74. The lowest BCUT2D eigenvalue weighted by molar-refractivity contribution is 0.179. The fourth-order valence-corrected chi connectivity index (χ4v) is 3.67. The molecule has 27 heavy (non-hydrogen) atoms. The van der Waals surface area contributed by atoms with Crippen molar-refractivity contribution >= 4 is 28.4 Å². The van der Waals surface area contributed by atoms with E-state index in [4.69, 9.17) is 10.8 Å². The number of aryl methyl sites for hydroxylation is 1. The quantitative estimate of drug-likeness (QED) is 0.515. The van der Waals surface area contributed by atoms with E-state index >= 15 is 4.39 Å². The van der Waals surface area contributed by atoms with Gasteiger partial charge in [0.05, 0.1) is 11.8 Å². The molecular formula is C19H17FN4O3. The number of hydrogen-bond donors (Lipinski definition) is 4. The number of nitrogens with one attached hydrogen (secondary N) is 1. The van der Waals surface area contributed by atoms with Gasteiger partial charge >= 0.3 is 6.09 Å². The van der Waals surface area contributed by atoms with Gasteiger partial charge < -0.3 is 15.9 Å². The van der Waals surface area contributed by atoms with Crippen molar-refractivity contribution in [3.8, 4) is 11.1 Å². The zero-order chi connectivity index (χ0) is 19.3. The van der Waals surface area contributed by atoms with Gasteiger partial charge in [0.25, 0.3) is 0 Å². The van der Waals surface area contributed by atoms with Gasteiger partial charge in [0.1, 0.15) is 5.82 Å². The van der Waals surface area contributed by atoms with E-state index in [2.05, 4.69) is 15.3 Å². The monoisotopic (exact) mass is 368 g/mol. The minimum absolute atomic E-state index is 0.0719. The van der Waals surface area contributed by atoms with E-state index in [-0.39, 0.29) is 17.1 Å². The Balaban J connectivity index is 1.93. The van der Waals surface area contributed by atoms with Gasteiger partial charge in [-0.2, -0.15) is 0 Å². The minimum Gasteiger partial charge on any atom is -0.465 e. The molecule has 0 unspecified atom stereocenters. The van der Waals surface area contributed by atoms with Crippen molar-refractivity contribution in [2.24, 2.45) is 0 Å². The fraction of sp³-hybridized carbons (Fsp3) is 0.211. The summed E-state index contributed by atoms with van der Waals surface area (Å²) in [6.07, 6.45) is 2.36. The molecule has 1 atom stereocenters. The van der Waals surface area contributed by atoms with Crippen LogP contribution in [0.15, 0.2) is 24.5 Å². The molecule has 0 aliphatic heterocycles. The second-order valence-electron chi connectivity index (χ2n) is 6.58. The summed E-state index contributed by atoms with van der Waals surface area (Å²) in [5.74, 6) is -0.480. The van der Waals surface area contributed by atoms with Crippen molar-refractivity contribution in [2.75, 3.05) is 11.1 Å². The number of nitrogens with zero attached hydrogens (tertiary/aromatic N) is 2. The summed E-state index contributed by atoms with van der Waals surface area (Å²) in [6, 6.07) is 3.08. The highest BCUT2D eigenvalue weighted by atomic mass is 19.1. The lowest BCUT2D eigenvalue weighted by Crippen LogP contribution is -2.08. The van der Waals surface area contributed by atoms with Gasteiger partial charge in [0.2, 0.25) is 0 Å². The summed E-state index contributed by atoms with van der Waals surface area (Å²) >= 11 is 0. The maximum Gasteiger partial charge on any atom is 0.410 e. The van der Waals surface area contributed by atoms with E-state index in [1.54, 1.807) is 12.3 Å². The zero-order valence-corrected chi connectivity index (χ0v) is 14.5. The third-order valence-corrected chi connectivity index (χ3v) is 4.98. The van der Waals surface area contributed by atoms with Gasteiger partial charge in [-0.25, -0.2) is 14.2 Å². The van der Waals surface area contributed by atoms with Crippen LogP contribution in [-0.4, -0.2) is 26.3 Å². The van der Waals surface area contributed by atoms with Crippen LogP contribution in [0.5, 0.6) is 0 Å². The number of aliphatic hydroxyl groups is 1. The smallest absolute Gasteiger partial charge is 0.410 e. The molecule has 2 aromatic heterocycles. The van der Waals surface area contributed by atoms with Crippen molar-refractivity contribution < 1.29 is 19.4 Å². The number of rotatable bonds is 2. The third-order valence-electron chi connectivity index (χ3n) is 4.98. The van der Waals surface area contributed by atoms with Gasteiger partial charge in [-0.3, -0.25) is 10.3 Å². The van der Waals surface area contributed by atoms with Crippen LogP contribution >= 0.6 is 0 Å². The van der Waals surface area contributed by atoms with E-state index in [0.29, 0.717) is 29.2 Å². The number of amides is 1. The van der Waals surface area contributed by atoms with Crippen molar-refractivity contribution in [3.63, 3.8) is 0 Å². The largest absolute Gasteiger partial charge is 0.465 e. The standard InChI is InChI=1S/C19H17FN4O3/c1-8-11(6-22-13-2-3-14(25)16(8)13)10-4-9-5-15(24-19(26)27)23-7-12(9)18(21)17(10)20/h4-7,14,25H,2-3,21H2,1H3,(H,23,24)(H,26,27)/t14-/m1/s1. The second kappa shape index (κ2) is 6.17. The number of nitrogen functional groups attached to an aromatic ring is 1. The highest BCUT2D eigenvalue weighted by Crippen LogP contribution is 2.40. The van der Waals surface area contributed by atoms with Gasteiger partial charge in [0.15, 0.2) is 5.82 Å². The van der Waals surface area contributed by atoms with E-state index in [1.807, 2.05) is 6.92 Å². The van der Waals surface area contributed by atoms with Crippen molar-refractivity contribution in [1.82, 2.24) is 9.97 Å². The Hall–Kier alpha value is -3.26. The number of aliphatic hydroxyl groups excluding tert-OH is 1. The van der Waals surface area contributed by atoms with Crippen LogP contribution in [0, 0.1) is 12.7 Å². The lowest BCUT2D eigenvalue weighted by Gasteiger charge is -2.15. The van der Waals surface area contributed by atoms with Gasteiger partial charge in [-0.05, 0) is 42.8 Å². The maximum absolute atomic E-state index is 15.0. The molecule has 138 valence electrons. The molecule has 0 saturated heterocycles. The van der Waals surface area contributed by atoms with Crippen LogP contribution < -0.4 is 11.1 Å². The van der Waals surface area contributed by atoms with E-state index in [0.717, 1.165) is 16.8 Å². The first kappa shape index (κ1) is 17.2. The van der Waals surface area contributed by atoms with Crippen molar-refractivity contribution in [3.05, 3.63) is 47.2 Å². The summed E-state index contributed by atoms with van der Waals surface area (Å²) < 4.78 is 15.0. The molecule has 0 spiro atoms. The molecule has 1 amide bonds. The highest BCUT2D eigenvalue weighted by molar-refractivity contribution is 5.99. The topological polar surface area (TPSA) is 121 Å². The Morgan fingerprint density at radius 1 is 1.30 bits per heavy atom. The number of hydrogen-bond acceptors (Lipinski definition) is 5. The number of fused-ring (bicyclic) bond motifs is 2. The molecule has 3 aromatic rings. The van der Waals surface area contributed by atoms with Gasteiger partial charge in [-0.1, -0.05) is 0 Å². The number of anilines is 2. The molecule has 1 aliphatic rings. The molecule has 2 heterocycles. The summed E-state index contributed by atoms with van der Waals surface area (Å²) in [5, 5.41) is 22.2. The number of carboxylic acid groups (broad SMARTS) is 1. The van der Waals surface area contributed by atoms with E-state index in [9.17, 15) is 9.90 Å². The predicted octanol–water partition coefficient (Wildman–Crippen LogP) is 3.40. The normalized spacial score (nSPS) is 15.7. The fourth-order valence-electron chi connectivity index (χ4n) is 3.67. The number of pyridine rings is 2. The number of aromatic nitrogens is 2. The summed E-state index contributed by atoms with van der Waals surface area (Å²) in [4.78, 5) is 19.2. The van der Waals surface area contributed by atoms with Crippen LogP contribution in [0.1, 0.15) is 29.3 Å². The van der Waals surface area contributed by atoms with Crippen molar-refractivity contribution in [2.45, 2.75) is 25.9 Å². The Morgan fingerprint density at radius 3 is 2.81 bits per heavy atom. The first-order valence-electron chi connectivity index (χ1n) is 8.41. The summed E-state index contributed by atoms with van der Waals surface area (Å²) in [5.41, 5.74) is 9.04. The molecule has 1 aromatic carbocycles. The first-order valence-corrected chi connectivity index (χ1v) is 8.41. The average Bonchev–Trinajstić information content (AvgIpc) is 3.00.